The van der Waals surface area contributed by atoms with Crippen LogP contribution in [0, 0.1) is 11.6 Å². The number of benzene rings is 2. The summed E-state index contributed by atoms with van der Waals surface area (Å²) < 4.78 is 32.4. The van der Waals surface area contributed by atoms with Gasteiger partial charge in [-0.25, -0.2) is 13.6 Å². The zero-order valence-electron chi connectivity index (χ0n) is 14.0. The molecule has 1 N–H and O–H groups in total. The van der Waals surface area contributed by atoms with Crippen molar-refractivity contribution in [3.8, 4) is 5.75 Å². The van der Waals surface area contributed by atoms with Crippen LogP contribution in [0.4, 0.5) is 13.6 Å². The van der Waals surface area contributed by atoms with Gasteiger partial charge >= 0.3 is 6.03 Å². The molecule has 8 heteroatoms. The van der Waals surface area contributed by atoms with Crippen molar-refractivity contribution >= 4 is 18.2 Å². The summed E-state index contributed by atoms with van der Waals surface area (Å²) in [6.07, 6.45) is 0.807. The molecule has 6 nitrogen and oxygen atoms in total. The highest BCUT2D eigenvalue weighted by Gasteiger charge is 2.49. The van der Waals surface area contributed by atoms with E-state index in [2.05, 4.69) is 10.4 Å². The second kappa shape index (κ2) is 6.55. The Bertz CT molecular complexity index is 879. The average molecular weight is 359 g/mol. The van der Waals surface area contributed by atoms with Gasteiger partial charge in [-0.05, 0) is 36.8 Å². The van der Waals surface area contributed by atoms with Gasteiger partial charge in [-0.3, -0.25) is 4.79 Å². The van der Waals surface area contributed by atoms with Gasteiger partial charge in [-0.1, -0.05) is 18.2 Å². The summed E-state index contributed by atoms with van der Waals surface area (Å²) in [5.74, 6) is -1.77. The minimum Gasteiger partial charge on any atom is -0.497 e. The normalized spacial score (nSPS) is 19.9. The summed E-state index contributed by atoms with van der Waals surface area (Å²) >= 11 is 0. The van der Waals surface area contributed by atoms with Crippen LogP contribution in [0.5, 0.6) is 5.75 Å². The van der Waals surface area contributed by atoms with E-state index in [4.69, 9.17) is 4.74 Å². The molecule has 1 saturated heterocycles. The van der Waals surface area contributed by atoms with Crippen molar-refractivity contribution in [2.75, 3.05) is 7.11 Å². The van der Waals surface area contributed by atoms with Gasteiger partial charge in [-0.15, -0.1) is 5.01 Å². The number of rotatable bonds is 4. The van der Waals surface area contributed by atoms with Gasteiger partial charge in [0.05, 0.1) is 18.9 Å². The molecule has 2 aromatic carbocycles. The molecule has 2 aromatic rings. The molecule has 1 fully saturated rings. The molecule has 0 aromatic heterocycles. The Morgan fingerprint density at radius 3 is 2.31 bits per heavy atom. The topological polar surface area (TPSA) is 71.0 Å². The molecule has 1 aliphatic rings. The lowest BCUT2D eigenvalue weighted by atomic mass is 9.92. The lowest BCUT2D eigenvalue weighted by molar-refractivity contribution is -0.131. The Kier molecular flexibility index (Phi) is 4.41. The number of carbonyl (C=O) groups is 2. The first-order valence-electron chi connectivity index (χ1n) is 7.66. The minimum absolute atomic E-state index is 0.439. The van der Waals surface area contributed by atoms with Crippen LogP contribution >= 0.6 is 0 Å². The van der Waals surface area contributed by atoms with Crippen LogP contribution < -0.4 is 10.1 Å². The number of hydrogen-bond donors (Lipinski definition) is 1. The Hall–Kier alpha value is -3.29. The van der Waals surface area contributed by atoms with E-state index in [0.29, 0.717) is 16.3 Å². The molecule has 0 aliphatic carbocycles. The van der Waals surface area contributed by atoms with Crippen molar-refractivity contribution in [1.29, 1.82) is 0 Å². The molecule has 0 saturated carbocycles. The maximum absolute atomic E-state index is 13.7. The van der Waals surface area contributed by atoms with E-state index in [9.17, 15) is 18.4 Å². The van der Waals surface area contributed by atoms with E-state index in [0.717, 1.165) is 18.3 Å². The number of ether oxygens (including phenoxy) is 1. The summed E-state index contributed by atoms with van der Waals surface area (Å²) in [5.41, 5.74) is -1.27. The third kappa shape index (κ3) is 2.90. The van der Waals surface area contributed by atoms with Crippen molar-refractivity contribution in [2.24, 2.45) is 5.10 Å². The summed E-state index contributed by atoms with van der Waals surface area (Å²) in [6, 6.07) is 9.11. The number of methoxy groups -OCH3 is 1. The largest absolute Gasteiger partial charge is 0.497 e. The van der Waals surface area contributed by atoms with Crippen molar-refractivity contribution in [1.82, 2.24) is 10.3 Å². The highest BCUT2D eigenvalue weighted by atomic mass is 19.1. The summed E-state index contributed by atoms with van der Waals surface area (Å²) in [7, 11) is 1.51. The van der Waals surface area contributed by atoms with Gasteiger partial charge in [-0.2, -0.15) is 5.10 Å². The molecule has 1 atom stereocenters. The van der Waals surface area contributed by atoms with Gasteiger partial charge in [0.15, 0.2) is 0 Å². The number of urea groups is 1. The van der Waals surface area contributed by atoms with E-state index < -0.39 is 34.7 Å². The Morgan fingerprint density at radius 2 is 1.73 bits per heavy atom. The van der Waals surface area contributed by atoms with Crippen LogP contribution in [0.1, 0.15) is 18.1 Å². The monoisotopic (exact) mass is 359 g/mol. The van der Waals surface area contributed by atoms with Crippen molar-refractivity contribution in [2.45, 2.75) is 12.5 Å². The lowest BCUT2D eigenvalue weighted by Crippen LogP contribution is -2.40. The van der Waals surface area contributed by atoms with E-state index in [1.54, 1.807) is 24.3 Å². The third-order valence-corrected chi connectivity index (χ3v) is 4.14. The predicted octanol–water partition coefficient (Wildman–Crippen LogP) is 2.77. The molecule has 26 heavy (non-hydrogen) atoms. The number of nitrogens with one attached hydrogen (secondary N) is 1. The van der Waals surface area contributed by atoms with E-state index >= 15 is 0 Å². The SMILES string of the molecule is COc1ccc([C@]2(C)NC(=O)N(N=Cc3c(F)cccc3F)C2=O)cc1. The number of carbonyl (C=O) groups excluding carboxylic acids is 2. The zero-order valence-corrected chi connectivity index (χ0v) is 14.0. The fourth-order valence-electron chi connectivity index (χ4n) is 2.60. The van der Waals surface area contributed by atoms with Gasteiger partial charge in [0.1, 0.15) is 22.9 Å². The molecule has 0 unspecified atom stereocenters. The fourth-order valence-corrected chi connectivity index (χ4v) is 2.60. The summed E-state index contributed by atoms with van der Waals surface area (Å²) in [5, 5.41) is 6.77. The third-order valence-electron chi connectivity index (χ3n) is 4.14. The maximum Gasteiger partial charge on any atom is 0.346 e. The maximum atomic E-state index is 13.7. The first-order valence-corrected chi connectivity index (χ1v) is 7.66. The Balaban J connectivity index is 1.90. The quantitative estimate of drug-likeness (QED) is 0.674. The van der Waals surface area contributed by atoms with Crippen molar-refractivity contribution in [3.05, 3.63) is 65.2 Å². The number of hydrogen-bond acceptors (Lipinski definition) is 4. The standard InChI is InChI=1S/C18H15F2N3O3/c1-18(11-6-8-12(26-2)9-7-11)16(24)23(17(25)22-18)21-10-13-14(19)4-3-5-15(13)20/h3-10H,1-2H3,(H,22,25)/t18-/m0/s1. The van der Waals surface area contributed by atoms with Gasteiger partial charge in [0, 0.05) is 0 Å². The average Bonchev–Trinajstić information content (AvgIpc) is 2.85. The van der Waals surface area contributed by atoms with E-state index in [-0.39, 0.29) is 0 Å². The minimum atomic E-state index is -1.35. The number of hydrazone groups is 1. The molecule has 134 valence electrons. The number of amides is 3. The molecule has 3 amide bonds. The van der Waals surface area contributed by atoms with E-state index in [1.165, 1.54) is 20.1 Å². The van der Waals surface area contributed by atoms with Crippen molar-refractivity contribution < 1.29 is 23.1 Å². The second-order valence-electron chi connectivity index (χ2n) is 5.78. The zero-order chi connectivity index (χ0) is 18.9. The first-order chi connectivity index (χ1) is 12.4. The van der Waals surface area contributed by atoms with Crippen LogP contribution in [0.25, 0.3) is 0 Å². The Labute approximate surface area is 148 Å². The highest BCUT2D eigenvalue weighted by Crippen LogP contribution is 2.30. The van der Waals surface area contributed by atoms with Crippen molar-refractivity contribution in [3.63, 3.8) is 0 Å². The molecule has 1 aliphatic heterocycles. The molecular formula is C18H15F2N3O3. The lowest BCUT2D eigenvalue weighted by Gasteiger charge is -2.21. The molecular weight excluding hydrogens is 344 g/mol. The number of halogens is 2. The highest BCUT2D eigenvalue weighted by molar-refractivity contribution is 6.07. The molecule has 0 radical (unpaired) electrons. The van der Waals surface area contributed by atoms with Crippen LogP contribution in [-0.4, -0.2) is 30.3 Å². The van der Waals surface area contributed by atoms with E-state index in [1.807, 2.05) is 0 Å². The summed E-state index contributed by atoms with van der Waals surface area (Å²) in [6.45, 7) is 1.52. The van der Waals surface area contributed by atoms with Crippen LogP contribution in [0.2, 0.25) is 0 Å². The number of nitrogens with zero attached hydrogens (tertiary/aromatic N) is 2. The fraction of sp³-hybridized carbons (Fsp3) is 0.167. The van der Waals surface area contributed by atoms with Gasteiger partial charge in [0.25, 0.3) is 5.91 Å². The smallest absolute Gasteiger partial charge is 0.346 e. The second-order valence-corrected chi connectivity index (χ2v) is 5.78. The first kappa shape index (κ1) is 17.5. The molecule has 0 bridgehead atoms. The number of imide groups is 1. The van der Waals surface area contributed by atoms with Crippen LogP contribution in [0.3, 0.4) is 0 Å². The summed E-state index contributed by atoms with van der Waals surface area (Å²) in [4.78, 5) is 24.8. The van der Waals surface area contributed by atoms with Gasteiger partial charge in [0.2, 0.25) is 0 Å². The van der Waals surface area contributed by atoms with Crippen LogP contribution in [-0.2, 0) is 10.3 Å². The molecule has 3 rings (SSSR count). The molecule has 1 heterocycles. The van der Waals surface area contributed by atoms with Crippen LogP contribution in [0.15, 0.2) is 47.6 Å². The Morgan fingerprint density at radius 1 is 1.12 bits per heavy atom. The molecule has 0 spiro atoms. The van der Waals surface area contributed by atoms with Gasteiger partial charge < -0.3 is 10.1 Å². The predicted molar refractivity (Wildman–Crippen MR) is 89.7 cm³/mol.